The number of rotatable bonds is 3. The van der Waals surface area contributed by atoms with Crippen molar-refractivity contribution in [1.29, 1.82) is 0 Å². The zero-order valence-corrected chi connectivity index (χ0v) is 12.9. The van der Waals surface area contributed by atoms with Crippen LogP contribution < -0.4 is 4.90 Å². The highest BCUT2D eigenvalue weighted by molar-refractivity contribution is 5.64. The van der Waals surface area contributed by atoms with Crippen molar-refractivity contribution in [3.63, 3.8) is 0 Å². The number of hydrogen-bond donors (Lipinski definition) is 0. The third kappa shape index (κ3) is 2.28. The Morgan fingerprint density at radius 2 is 1.86 bits per heavy atom. The number of hydrogen-bond acceptors (Lipinski definition) is 4. The maximum absolute atomic E-state index is 4.60. The lowest BCUT2D eigenvalue weighted by atomic mass is 9.87. The van der Waals surface area contributed by atoms with Gasteiger partial charge < -0.3 is 4.90 Å². The van der Waals surface area contributed by atoms with E-state index in [-0.39, 0.29) is 0 Å². The molecule has 0 amide bonds. The lowest BCUT2D eigenvalue weighted by Gasteiger charge is -2.34. The third-order valence-electron chi connectivity index (χ3n) is 5.14. The maximum atomic E-state index is 4.60. The summed E-state index contributed by atoms with van der Waals surface area (Å²) in [5.74, 6) is 3.57. The summed E-state index contributed by atoms with van der Waals surface area (Å²) in [4.78, 5) is 6.92. The van der Waals surface area contributed by atoms with Gasteiger partial charge in [-0.2, -0.15) is 0 Å². The van der Waals surface area contributed by atoms with Crippen molar-refractivity contribution in [2.45, 2.75) is 57.4 Å². The molecular weight excluding hydrogens is 262 g/mol. The Labute approximate surface area is 125 Å². The standard InChI is InChI=1S/C16H23N5/c1-11-3-7-13(8-4-11)20(2)15-16-19-18-14(12-5-6-12)21(16)10-9-17-15/h9-13H,3-8H2,1-2H3. The lowest BCUT2D eigenvalue weighted by molar-refractivity contribution is 0.340. The predicted octanol–water partition coefficient (Wildman–Crippen LogP) is 3.02. The third-order valence-corrected chi connectivity index (χ3v) is 5.14. The summed E-state index contributed by atoms with van der Waals surface area (Å²) in [6.07, 6.45) is 11.5. The van der Waals surface area contributed by atoms with Gasteiger partial charge in [0, 0.05) is 31.4 Å². The van der Waals surface area contributed by atoms with E-state index >= 15 is 0 Å². The van der Waals surface area contributed by atoms with Crippen LogP contribution >= 0.6 is 0 Å². The molecule has 0 aromatic carbocycles. The number of fused-ring (bicyclic) bond motifs is 1. The smallest absolute Gasteiger partial charge is 0.203 e. The first-order chi connectivity index (χ1) is 10.2. The predicted molar refractivity (Wildman–Crippen MR) is 82.6 cm³/mol. The highest BCUT2D eigenvalue weighted by atomic mass is 15.3. The van der Waals surface area contributed by atoms with Crippen LogP contribution in [0.3, 0.4) is 0 Å². The summed E-state index contributed by atoms with van der Waals surface area (Å²) < 4.78 is 2.14. The van der Waals surface area contributed by atoms with Crippen molar-refractivity contribution < 1.29 is 0 Å². The minimum atomic E-state index is 0.584. The SMILES string of the molecule is CC1CCC(N(C)c2nccn3c(C4CC4)nnc23)CC1. The monoisotopic (exact) mass is 285 g/mol. The van der Waals surface area contributed by atoms with Crippen LogP contribution in [0.25, 0.3) is 5.65 Å². The molecule has 0 atom stereocenters. The molecule has 2 aliphatic rings. The highest BCUT2D eigenvalue weighted by Gasteiger charge is 2.30. The average Bonchev–Trinajstić information content (AvgIpc) is 3.26. The zero-order valence-electron chi connectivity index (χ0n) is 12.9. The first-order valence-corrected chi connectivity index (χ1v) is 8.16. The van der Waals surface area contributed by atoms with E-state index in [9.17, 15) is 0 Å². The topological polar surface area (TPSA) is 46.3 Å². The molecule has 0 bridgehead atoms. The molecule has 2 fully saturated rings. The van der Waals surface area contributed by atoms with Crippen LogP contribution in [0.2, 0.25) is 0 Å². The lowest BCUT2D eigenvalue weighted by Crippen LogP contribution is -2.35. The largest absolute Gasteiger partial charge is 0.354 e. The molecule has 5 heteroatoms. The molecule has 0 unspecified atom stereocenters. The second-order valence-electron chi connectivity index (χ2n) is 6.80. The highest BCUT2D eigenvalue weighted by Crippen LogP contribution is 2.39. The molecule has 2 heterocycles. The molecule has 0 aliphatic heterocycles. The molecule has 112 valence electrons. The van der Waals surface area contributed by atoms with E-state index in [1.807, 2.05) is 12.4 Å². The number of anilines is 1. The first kappa shape index (κ1) is 13.0. The summed E-state index contributed by atoms with van der Waals surface area (Å²) in [5.41, 5.74) is 0.917. The van der Waals surface area contributed by atoms with Gasteiger partial charge >= 0.3 is 0 Å². The summed E-state index contributed by atoms with van der Waals surface area (Å²) in [7, 11) is 2.16. The first-order valence-electron chi connectivity index (χ1n) is 8.16. The van der Waals surface area contributed by atoms with Crippen LogP contribution in [0.15, 0.2) is 12.4 Å². The van der Waals surface area contributed by atoms with Crippen molar-refractivity contribution in [2.75, 3.05) is 11.9 Å². The molecule has 0 spiro atoms. The van der Waals surface area contributed by atoms with Gasteiger partial charge in [-0.25, -0.2) is 4.98 Å². The van der Waals surface area contributed by atoms with Crippen molar-refractivity contribution >= 4 is 11.5 Å². The molecule has 4 rings (SSSR count). The molecule has 0 N–H and O–H groups in total. The normalized spacial score (nSPS) is 26.2. The van der Waals surface area contributed by atoms with E-state index in [2.05, 4.69) is 38.5 Å². The van der Waals surface area contributed by atoms with E-state index in [0.29, 0.717) is 12.0 Å². The molecule has 5 nitrogen and oxygen atoms in total. The Morgan fingerprint density at radius 3 is 2.57 bits per heavy atom. The Hall–Kier alpha value is -1.65. The second-order valence-corrected chi connectivity index (χ2v) is 6.80. The molecule has 2 aromatic heterocycles. The molecule has 21 heavy (non-hydrogen) atoms. The Kier molecular flexibility index (Phi) is 3.08. The summed E-state index contributed by atoms with van der Waals surface area (Å²) in [6, 6.07) is 0.584. The van der Waals surface area contributed by atoms with Crippen LogP contribution in [0, 0.1) is 5.92 Å². The van der Waals surface area contributed by atoms with Gasteiger partial charge in [-0.15, -0.1) is 10.2 Å². The van der Waals surface area contributed by atoms with Gasteiger partial charge in [0.2, 0.25) is 5.65 Å². The fourth-order valence-corrected chi connectivity index (χ4v) is 3.50. The van der Waals surface area contributed by atoms with Crippen molar-refractivity contribution in [1.82, 2.24) is 19.6 Å². The minimum absolute atomic E-state index is 0.584. The van der Waals surface area contributed by atoms with Crippen molar-refractivity contribution in [2.24, 2.45) is 5.92 Å². The Balaban J connectivity index is 1.66. The second kappa shape index (κ2) is 4.97. The van der Waals surface area contributed by atoms with Gasteiger partial charge in [0.15, 0.2) is 5.82 Å². The van der Waals surface area contributed by atoms with Crippen molar-refractivity contribution in [3.8, 4) is 0 Å². The van der Waals surface area contributed by atoms with Crippen LogP contribution in [0.1, 0.15) is 57.2 Å². The fraction of sp³-hybridized carbons (Fsp3) is 0.688. The van der Waals surface area contributed by atoms with Gasteiger partial charge in [0.25, 0.3) is 0 Å². The molecule has 2 aromatic rings. The molecule has 0 saturated heterocycles. The summed E-state index contributed by atoms with van der Waals surface area (Å²) in [6.45, 7) is 2.36. The van der Waals surface area contributed by atoms with Crippen LogP contribution in [-0.2, 0) is 0 Å². The van der Waals surface area contributed by atoms with Gasteiger partial charge in [0.1, 0.15) is 5.82 Å². The summed E-state index contributed by atoms with van der Waals surface area (Å²) in [5, 5.41) is 8.82. The molecular formula is C16H23N5. The quantitative estimate of drug-likeness (QED) is 0.869. The number of aromatic nitrogens is 4. The zero-order chi connectivity index (χ0) is 14.4. The van der Waals surface area contributed by atoms with Crippen LogP contribution in [0.5, 0.6) is 0 Å². The summed E-state index contributed by atoms with van der Waals surface area (Å²) >= 11 is 0. The minimum Gasteiger partial charge on any atom is -0.354 e. The van der Waals surface area contributed by atoms with Gasteiger partial charge in [0.05, 0.1) is 0 Å². The average molecular weight is 285 g/mol. The van der Waals surface area contributed by atoms with Gasteiger partial charge in [-0.05, 0) is 44.4 Å². The van der Waals surface area contributed by atoms with E-state index in [0.717, 1.165) is 23.2 Å². The fourth-order valence-electron chi connectivity index (χ4n) is 3.50. The van der Waals surface area contributed by atoms with Gasteiger partial charge in [-0.1, -0.05) is 6.92 Å². The Bertz CT molecular complexity index is 637. The number of nitrogens with zero attached hydrogens (tertiary/aromatic N) is 5. The molecule has 2 aliphatic carbocycles. The van der Waals surface area contributed by atoms with E-state index < -0.39 is 0 Å². The van der Waals surface area contributed by atoms with Crippen LogP contribution in [0.4, 0.5) is 5.82 Å². The molecule has 0 radical (unpaired) electrons. The van der Waals surface area contributed by atoms with E-state index in [1.165, 1.54) is 38.5 Å². The van der Waals surface area contributed by atoms with E-state index in [1.54, 1.807) is 0 Å². The maximum Gasteiger partial charge on any atom is 0.203 e. The van der Waals surface area contributed by atoms with E-state index in [4.69, 9.17) is 0 Å². The van der Waals surface area contributed by atoms with Crippen LogP contribution in [-0.4, -0.2) is 32.7 Å². The Morgan fingerprint density at radius 1 is 1.10 bits per heavy atom. The van der Waals surface area contributed by atoms with Crippen molar-refractivity contribution in [3.05, 3.63) is 18.2 Å². The molecule has 2 saturated carbocycles. The van der Waals surface area contributed by atoms with Gasteiger partial charge in [-0.3, -0.25) is 4.40 Å².